The number of carboxylic acids is 1. The summed E-state index contributed by atoms with van der Waals surface area (Å²) < 4.78 is 74.9. The first-order chi connectivity index (χ1) is 22.9. The Morgan fingerprint density at radius 1 is 0.980 bits per heavy atom. The number of aromatic hydroxyl groups is 1. The number of nitrogens with two attached hydrogens (primary N) is 1. The minimum atomic E-state index is -5.57. The van der Waals surface area contributed by atoms with E-state index in [9.17, 15) is 43.1 Å². The Bertz CT molecular complexity index is 1460. The number of benzene rings is 2. The van der Waals surface area contributed by atoms with Crippen LogP contribution in [0.4, 0.5) is 22.1 Å². The van der Waals surface area contributed by atoms with Crippen molar-refractivity contribution in [2.75, 3.05) is 18.6 Å². The lowest BCUT2D eigenvalue weighted by Crippen LogP contribution is -2.65. The largest absolute Gasteiger partial charge is 0.508 e. The average Bonchev–Trinajstić information content (AvgIpc) is 3.07. The number of imide groups is 1. The van der Waals surface area contributed by atoms with E-state index in [2.05, 4.69) is 10.6 Å². The predicted octanol–water partition coefficient (Wildman–Crippen LogP) is 3.00. The maximum absolute atomic E-state index is 15.9. The van der Waals surface area contributed by atoms with Crippen molar-refractivity contribution in [3.63, 3.8) is 0 Å². The quantitative estimate of drug-likeness (QED) is 0.0873. The smallest absolute Gasteiger partial charge is 0.365 e. The number of thioether (sulfide) groups is 1. The van der Waals surface area contributed by atoms with Crippen molar-refractivity contribution in [1.82, 2.24) is 20.9 Å². The highest BCUT2D eigenvalue weighted by Gasteiger charge is 2.70. The number of hydrogen-bond donors (Lipinski definition) is 5. The number of aliphatic carboxylic acids is 1. The van der Waals surface area contributed by atoms with Crippen molar-refractivity contribution in [1.29, 1.82) is 0 Å². The second kappa shape index (κ2) is 17.9. The third kappa shape index (κ3) is 9.88. The molecule has 18 heteroatoms. The standard InChI is InChI=1S/C31H38F5N5O7S/c1-4-18(2)25(39-26(44)22(37)16-19-10-12-21(42)13-11-19)27(45)38-17-24(43)40(23(28(46)47)14-15-49-3)29(48)31(34,41(35)36)30(32,33)20-8-6-5-7-9-20/h5-13,18,22-23,25,42H,4,14-17,37H2,1-3H3,(H,38,45)(H,39,44)(H,46,47)/t18-,22+,23+,25-,31-/m1/s1. The number of phenolic OH excluding ortho intramolecular Hbond substituents is 1. The Morgan fingerprint density at radius 2 is 1.57 bits per heavy atom. The number of carbonyl (C=O) groups is 5. The predicted molar refractivity (Wildman–Crippen MR) is 169 cm³/mol. The number of nitrogens with one attached hydrogen (secondary N) is 2. The molecule has 0 heterocycles. The SMILES string of the molecule is CC[C@@H](C)[C@@H](NC(=O)[C@@H](N)Cc1ccc(O)cc1)C(=O)NCC(=O)N(C(=O)[C@@](F)(N(F)F)C(F)(F)c1ccccc1)[C@@H](CCSC)C(=O)O. The number of nitrogens with zero attached hydrogens (tertiary/aromatic N) is 2. The Hall–Kier alpha value is -4.29. The average molecular weight is 720 g/mol. The summed E-state index contributed by atoms with van der Waals surface area (Å²) in [5.74, 6) is -20.2. The van der Waals surface area contributed by atoms with Crippen LogP contribution in [-0.2, 0) is 36.3 Å². The summed E-state index contributed by atoms with van der Waals surface area (Å²) in [5.41, 5.74) is 5.20. The lowest BCUT2D eigenvalue weighted by molar-refractivity contribution is -0.337. The van der Waals surface area contributed by atoms with Crippen LogP contribution in [0, 0.1) is 5.92 Å². The van der Waals surface area contributed by atoms with Gasteiger partial charge >= 0.3 is 17.7 Å². The molecule has 4 amide bonds. The molecule has 2 aromatic carbocycles. The van der Waals surface area contributed by atoms with Crippen LogP contribution in [0.5, 0.6) is 5.75 Å². The van der Waals surface area contributed by atoms with Crippen molar-refractivity contribution in [2.45, 2.75) is 63.0 Å². The van der Waals surface area contributed by atoms with Gasteiger partial charge in [0.1, 0.15) is 17.8 Å². The number of hydrogen-bond acceptors (Lipinski definition) is 9. The van der Waals surface area contributed by atoms with Crippen LogP contribution in [-0.4, -0.2) is 92.5 Å². The number of halogens is 5. The van der Waals surface area contributed by atoms with Crippen LogP contribution >= 0.6 is 11.8 Å². The summed E-state index contributed by atoms with van der Waals surface area (Å²) in [4.78, 5) is 64.5. The molecular weight excluding hydrogens is 681 g/mol. The van der Waals surface area contributed by atoms with Gasteiger partial charge < -0.3 is 26.6 Å². The van der Waals surface area contributed by atoms with Crippen LogP contribution in [0.3, 0.4) is 0 Å². The van der Waals surface area contributed by atoms with Crippen molar-refractivity contribution in [2.24, 2.45) is 11.7 Å². The highest BCUT2D eigenvalue weighted by Crippen LogP contribution is 2.46. The molecule has 0 unspecified atom stereocenters. The van der Waals surface area contributed by atoms with Crippen LogP contribution in [0.1, 0.15) is 37.8 Å². The van der Waals surface area contributed by atoms with Crippen LogP contribution in [0.2, 0.25) is 0 Å². The first-order valence-electron chi connectivity index (χ1n) is 14.9. The minimum Gasteiger partial charge on any atom is -0.508 e. The Kier molecular flexibility index (Phi) is 14.9. The third-order valence-electron chi connectivity index (χ3n) is 7.68. The molecule has 5 atom stereocenters. The molecule has 0 saturated carbocycles. The normalized spacial score (nSPS) is 15.3. The highest BCUT2D eigenvalue weighted by molar-refractivity contribution is 7.98. The van der Waals surface area contributed by atoms with Crippen molar-refractivity contribution >= 4 is 41.4 Å². The fourth-order valence-electron chi connectivity index (χ4n) is 4.63. The van der Waals surface area contributed by atoms with E-state index in [-0.39, 0.29) is 17.9 Å². The fourth-order valence-corrected chi connectivity index (χ4v) is 5.09. The molecular formula is C31H38F5N5O7S. The zero-order valence-corrected chi connectivity index (χ0v) is 27.6. The van der Waals surface area contributed by atoms with Crippen LogP contribution in [0.25, 0.3) is 0 Å². The molecule has 12 nitrogen and oxygen atoms in total. The van der Waals surface area contributed by atoms with Crippen molar-refractivity contribution in [3.8, 4) is 5.75 Å². The summed E-state index contributed by atoms with van der Waals surface area (Å²) in [6, 6.07) is 5.10. The molecule has 0 aliphatic carbocycles. The lowest BCUT2D eigenvalue weighted by Gasteiger charge is -2.37. The molecule has 0 aliphatic rings. The van der Waals surface area contributed by atoms with Crippen molar-refractivity contribution < 1.29 is 56.3 Å². The molecule has 0 aliphatic heterocycles. The van der Waals surface area contributed by atoms with Gasteiger partial charge in [-0.15, -0.1) is 0 Å². The van der Waals surface area contributed by atoms with Gasteiger partial charge in [0.25, 0.3) is 5.91 Å². The molecule has 49 heavy (non-hydrogen) atoms. The molecule has 0 fully saturated rings. The molecule has 0 bridgehead atoms. The second-order valence-electron chi connectivity index (χ2n) is 11.1. The molecule has 0 aromatic heterocycles. The number of amides is 4. The van der Waals surface area contributed by atoms with Crippen LogP contribution in [0.15, 0.2) is 54.6 Å². The van der Waals surface area contributed by atoms with E-state index < -0.39 is 94.1 Å². The summed E-state index contributed by atoms with van der Waals surface area (Å²) in [5, 5.41) is 21.0. The second-order valence-corrected chi connectivity index (χ2v) is 12.1. The Morgan fingerprint density at radius 3 is 2.08 bits per heavy atom. The van der Waals surface area contributed by atoms with Gasteiger partial charge in [0, 0.05) is 5.56 Å². The first kappa shape index (κ1) is 40.9. The van der Waals surface area contributed by atoms with Gasteiger partial charge in [0.2, 0.25) is 17.7 Å². The highest BCUT2D eigenvalue weighted by atomic mass is 32.2. The maximum Gasteiger partial charge on any atom is 0.365 e. The molecule has 2 aromatic rings. The molecule has 0 radical (unpaired) electrons. The summed E-state index contributed by atoms with van der Waals surface area (Å²) >= 11 is 0.997. The Labute approximate surface area is 283 Å². The summed E-state index contributed by atoms with van der Waals surface area (Å²) in [6.07, 6.45) is 1.13. The number of phenols is 1. The van der Waals surface area contributed by atoms with Gasteiger partial charge in [0.15, 0.2) is 0 Å². The molecule has 2 rings (SSSR count). The zero-order valence-electron chi connectivity index (χ0n) is 26.7. The molecule has 6 N–H and O–H groups in total. The fraction of sp³-hybridized carbons (Fsp3) is 0.452. The summed E-state index contributed by atoms with van der Waals surface area (Å²) in [6.45, 7) is 1.88. The van der Waals surface area contributed by atoms with E-state index in [4.69, 9.17) is 5.73 Å². The van der Waals surface area contributed by atoms with Gasteiger partial charge in [-0.25, -0.2) is 9.18 Å². The number of carboxylic acid groups (broad SMARTS) is 1. The number of carbonyl (C=O) groups excluding carboxylic acids is 4. The van der Waals surface area contributed by atoms with E-state index in [0.29, 0.717) is 24.1 Å². The monoisotopic (exact) mass is 719 g/mol. The van der Waals surface area contributed by atoms with Gasteiger partial charge in [-0.2, -0.15) is 20.5 Å². The van der Waals surface area contributed by atoms with Gasteiger partial charge in [-0.3, -0.25) is 24.1 Å². The van der Waals surface area contributed by atoms with E-state index >= 15 is 13.2 Å². The zero-order chi connectivity index (χ0) is 37.1. The molecule has 270 valence electrons. The van der Waals surface area contributed by atoms with E-state index in [1.54, 1.807) is 13.8 Å². The van der Waals surface area contributed by atoms with Crippen LogP contribution < -0.4 is 16.4 Å². The summed E-state index contributed by atoms with van der Waals surface area (Å²) in [7, 11) is 0. The molecule has 0 spiro atoms. The Balaban J connectivity index is 2.40. The third-order valence-corrected chi connectivity index (χ3v) is 8.33. The van der Waals surface area contributed by atoms with Gasteiger partial charge in [-0.05, 0) is 48.5 Å². The minimum absolute atomic E-state index is 0.00188. The lowest BCUT2D eigenvalue weighted by atomic mass is 9.96. The topological polar surface area (TPSA) is 182 Å². The number of alkyl halides is 3. The van der Waals surface area contributed by atoms with E-state index in [1.807, 2.05) is 0 Å². The van der Waals surface area contributed by atoms with E-state index in [1.165, 1.54) is 36.6 Å². The van der Waals surface area contributed by atoms with Gasteiger partial charge in [0.05, 0.1) is 17.9 Å². The maximum atomic E-state index is 15.9. The molecule has 0 saturated heterocycles. The number of rotatable bonds is 18. The van der Waals surface area contributed by atoms with E-state index in [0.717, 1.165) is 23.9 Å². The van der Waals surface area contributed by atoms with Gasteiger partial charge in [-0.1, -0.05) is 71.7 Å². The van der Waals surface area contributed by atoms with Crippen molar-refractivity contribution in [3.05, 3.63) is 65.7 Å². The first-order valence-corrected chi connectivity index (χ1v) is 16.3.